The Bertz CT molecular complexity index is 810. The third-order valence-corrected chi connectivity index (χ3v) is 4.44. The lowest BCUT2D eigenvalue weighted by Crippen LogP contribution is -2.67. The van der Waals surface area contributed by atoms with E-state index in [-0.39, 0.29) is 25.2 Å². The number of nitrogens with one attached hydrogen (secondary N) is 2. The summed E-state index contributed by atoms with van der Waals surface area (Å²) in [5, 5.41) is 4.97. The molecule has 4 amide bonds. The van der Waals surface area contributed by atoms with Crippen LogP contribution in [-0.2, 0) is 19.2 Å². The summed E-state index contributed by atoms with van der Waals surface area (Å²) in [4.78, 5) is 62.7. The molecule has 10 nitrogen and oxygen atoms in total. The fourth-order valence-electron chi connectivity index (χ4n) is 2.86. The second-order valence-electron chi connectivity index (χ2n) is 7.87. The van der Waals surface area contributed by atoms with Crippen molar-refractivity contribution in [2.75, 3.05) is 6.54 Å². The highest BCUT2D eigenvalue weighted by Crippen LogP contribution is 2.15. The summed E-state index contributed by atoms with van der Waals surface area (Å²) in [6.45, 7) is 5.86. The third kappa shape index (κ3) is 7.26. The van der Waals surface area contributed by atoms with Crippen LogP contribution in [0.15, 0.2) is 30.3 Å². The van der Waals surface area contributed by atoms with Gasteiger partial charge in [0.15, 0.2) is 11.9 Å². The van der Waals surface area contributed by atoms with Crippen molar-refractivity contribution in [1.29, 1.82) is 0 Å². The number of hydrogen-bond acceptors (Lipinski definition) is 7. The molecule has 0 aliphatic carbocycles. The normalized spacial score (nSPS) is 14.7. The summed E-state index contributed by atoms with van der Waals surface area (Å²) in [5.74, 6) is -2.91. The Morgan fingerprint density at radius 3 is 2.13 bits per heavy atom. The summed E-state index contributed by atoms with van der Waals surface area (Å²) < 4.78 is 0. The smallest absolute Gasteiger partial charge is 0.253 e. The highest BCUT2D eigenvalue weighted by atomic mass is 16.2. The minimum absolute atomic E-state index is 0.0283. The zero-order valence-electron chi connectivity index (χ0n) is 18.3. The minimum Gasteiger partial charge on any atom is -0.343 e. The molecule has 0 saturated heterocycles. The van der Waals surface area contributed by atoms with Crippen molar-refractivity contribution in [3.05, 3.63) is 35.9 Å². The van der Waals surface area contributed by atoms with E-state index in [0.717, 1.165) is 0 Å². The van der Waals surface area contributed by atoms with Crippen LogP contribution in [0.3, 0.4) is 0 Å². The third-order valence-electron chi connectivity index (χ3n) is 4.44. The van der Waals surface area contributed by atoms with E-state index in [9.17, 15) is 24.0 Å². The molecule has 170 valence electrons. The van der Waals surface area contributed by atoms with E-state index in [2.05, 4.69) is 10.6 Å². The summed E-state index contributed by atoms with van der Waals surface area (Å²) in [6.07, 6.45) is 0.444. The molecule has 0 aromatic heterocycles. The van der Waals surface area contributed by atoms with Gasteiger partial charge in [0, 0.05) is 5.56 Å². The number of carbonyl (C=O) groups is 5. The highest BCUT2D eigenvalue weighted by molar-refractivity contribution is 6.05. The predicted octanol–water partition coefficient (Wildman–Crippen LogP) is -0.476. The molecule has 31 heavy (non-hydrogen) atoms. The van der Waals surface area contributed by atoms with Crippen LogP contribution in [0.4, 0.5) is 0 Å². The van der Waals surface area contributed by atoms with Crippen LogP contribution in [0, 0.1) is 5.92 Å². The first-order valence-electron chi connectivity index (χ1n) is 9.93. The summed E-state index contributed by atoms with van der Waals surface area (Å²) in [6, 6.07) is 5.89. The quantitative estimate of drug-likeness (QED) is 0.286. The molecule has 0 saturated carbocycles. The molecule has 1 aromatic rings. The molecule has 1 aromatic carbocycles. The van der Waals surface area contributed by atoms with Gasteiger partial charge in [0.1, 0.15) is 12.1 Å². The zero-order chi connectivity index (χ0) is 23.8. The number of nitrogens with two attached hydrogens (primary N) is 2. The molecule has 6 N–H and O–H groups in total. The number of amides is 4. The maximum atomic E-state index is 13.2. The second-order valence-corrected chi connectivity index (χ2v) is 7.87. The van der Waals surface area contributed by atoms with Gasteiger partial charge >= 0.3 is 0 Å². The SMILES string of the molecule is CC(C)C[C@H](NC(=O)CN)C(=O)N(C(=O)[C@H](C)NC(=O)c1ccccc1)[C@](C)(N)C=O. The predicted molar refractivity (Wildman–Crippen MR) is 114 cm³/mol. The van der Waals surface area contributed by atoms with Gasteiger partial charge < -0.3 is 22.1 Å². The molecule has 0 fully saturated rings. The zero-order valence-corrected chi connectivity index (χ0v) is 18.3. The topological polar surface area (TPSA) is 165 Å². The molecule has 1 rings (SSSR count). The lowest BCUT2D eigenvalue weighted by molar-refractivity contribution is -0.157. The standard InChI is InChI=1S/C21H31N5O5/c1-13(2)10-16(25-17(28)11-22)20(31)26(21(4,23)12-27)19(30)14(3)24-18(29)15-8-6-5-7-9-15/h5-9,12-14,16H,10-11,22-23H2,1-4H3,(H,24,29)(H,25,28)/t14-,16-,21-/m0/s1. The van der Waals surface area contributed by atoms with Gasteiger partial charge in [-0.05, 0) is 38.3 Å². The van der Waals surface area contributed by atoms with Crippen molar-refractivity contribution in [2.45, 2.75) is 51.9 Å². The molecular weight excluding hydrogens is 402 g/mol. The number of rotatable bonds is 10. The van der Waals surface area contributed by atoms with Gasteiger partial charge in [0.25, 0.3) is 17.7 Å². The molecule has 0 aliphatic rings. The Morgan fingerprint density at radius 1 is 1.06 bits per heavy atom. The van der Waals surface area contributed by atoms with Gasteiger partial charge in [0.05, 0.1) is 6.54 Å². The van der Waals surface area contributed by atoms with Crippen LogP contribution in [0.5, 0.6) is 0 Å². The van der Waals surface area contributed by atoms with Crippen molar-refractivity contribution < 1.29 is 24.0 Å². The van der Waals surface area contributed by atoms with E-state index >= 15 is 0 Å². The van der Waals surface area contributed by atoms with Crippen molar-refractivity contribution in [2.24, 2.45) is 17.4 Å². The monoisotopic (exact) mass is 433 g/mol. The van der Waals surface area contributed by atoms with E-state index < -0.39 is 41.4 Å². The molecule has 10 heteroatoms. The summed E-state index contributed by atoms with van der Waals surface area (Å²) in [5.41, 5.74) is 9.59. The van der Waals surface area contributed by atoms with Gasteiger partial charge in [-0.2, -0.15) is 0 Å². The highest BCUT2D eigenvalue weighted by Gasteiger charge is 2.42. The van der Waals surface area contributed by atoms with Crippen molar-refractivity contribution >= 4 is 29.9 Å². The number of nitrogens with zero attached hydrogens (tertiary/aromatic N) is 1. The van der Waals surface area contributed by atoms with Gasteiger partial charge in [-0.15, -0.1) is 0 Å². The lowest BCUT2D eigenvalue weighted by Gasteiger charge is -2.36. The fraction of sp³-hybridized carbons (Fsp3) is 0.476. The molecular formula is C21H31N5O5. The van der Waals surface area contributed by atoms with Crippen LogP contribution in [0.1, 0.15) is 44.5 Å². The van der Waals surface area contributed by atoms with Crippen LogP contribution in [0.2, 0.25) is 0 Å². The molecule has 0 bridgehead atoms. The van der Waals surface area contributed by atoms with E-state index in [4.69, 9.17) is 11.5 Å². The molecule has 0 heterocycles. The van der Waals surface area contributed by atoms with Crippen LogP contribution >= 0.6 is 0 Å². The lowest BCUT2D eigenvalue weighted by atomic mass is 10.00. The first-order valence-corrected chi connectivity index (χ1v) is 9.93. The minimum atomic E-state index is -2.00. The largest absolute Gasteiger partial charge is 0.343 e. The fourth-order valence-corrected chi connectivity index (χ4v) is 2.86. The second kappa shape index (κ2) is 11.3. The van der Waals surface area contributed by atoms with Crippen molar-refractivity contribution in [3.63, 3.8) is 0 Å². The van der Waals surface area contributed by atoms with Crippen molar-refractivity contribution in [3.8, 4) is 0 Å². The maximum Gasteiger partial charge on any atom is 0.253 e. The average Bonchev–Trinajstić information content (AvgIpc) is 2.73. The number of benzene rings is 1. The molecule has 0 radical (unpaired) electrons. The van der Waals surface area contributed by atoms with E-state index in [1.54, 1.807) is 30.3 Å². The maximum absolute atomic E-state index is 13.2. The van der Waals surface area contributed by atoms with Crippen LogP contribution < -0.4 is 22.1 Å². The number of carbonyl (C=O) groups excluding carboxylic acids is 5. The molecule has 0 spiro atoms. The van der Waals surface area contributed by atoms with Gasteiger partial charge in [-0.1, -0.05) is 32.0 Å². The molecule has 3 atom stereocenters. The summed E-state index contributed by atoms with van der Waals surface area (Å²) >= 11 is 0. The van der Waals surface area contributed by atoms with Gasteiger partial charge in [0.2, 0.25) is 5.91 Å². The van der Waals surface area contributed by atoms with Crippen LogP contribution in [-0.4, -0.2) is 59.1 Å². The summed E-state index contributed by atoms with van der Waals surface area (Å²) in [7, 11) is 0. The van der Waals surface area contributed by atoms with E-state index in [0.29, 0.717) is 10.5 Å². The molecule has 0 unspecified atom stereocenters. The average molecular weight is 434 g/mol. The Hall–Kier alpha value is -3.11. The Labute approximate surface area is 181 Å². The first kappa shape index (κ1) is 25.9. The Morgan fingerprint density at radius 2 is 1.65 bits per heavy atom. The Balaban J connectivity index is 3.19. The Kier molecular flexibility index (Phi) is 9.47. The van der Waals surface area contributed by atoms with Crippen LogP contribution in [0.25, 0.3) is 0 Å². The first-order chi connectivity index (χ1) is 14.4. The van der Waals surface area contributed by atoms with E-state index in [1.165, 1.54) is 13.8 Å². The van der Waals surface area contributed by atoms with Gasteiger partial charge in [-0.3, -0.25) is 28.9 Å². The van der Waals surface area contributed by atoms with Gasteiger partial charge in [-0.25, -0.2) is 0 Å². The van der Waals surface area contributed by atoms with E-state index in [1.807, 2.05) is 13.8 Å². The number of aldehydes is 1. The number of imide groups is 1. The number of hydrogen-bond donors (Lipinski definition) is 4. The van der Waals surface area contributed by atoms with Crippen molar-refractivity contribution in [1.82, 2.24) is 15.5 Å². The molecule has 0 aliphatic heterocycles.